The molecule has 3 heterocycles. The van der Waals surface area contributed by atoms with Crippen LogP contribution in [0, 0.1) is 11.6 Å². The first-order valence-electron chi connectivity index (χ1n) is 9.19. The highest BCUT2D eigenvalue weighted by Gasteiger charge is 2.32. The summed E-state index contributed by atoms with van der Waals surface area (Å²) in [6.07, 6.45) is 2.85. The molecule has 0 spiro atoms. The summed E-state index contributed by atoms with van der Waals surface area (Å²) in [5, 5.41) is 13.7. The number of aromatic nitrogens is 3. The van der Waals surface area contributed by atoms with E-state index in [1.165, 1.54) is 10.5 Å². The average Bonchev–Trinajstić information content (AvgIpc) is 2.70. The quantitative estimate of drug-likeness (QED) is 0.643. The van der Waals surface area contributed by atoms with Gasteiger partial charge < -0.3 is 10.4 Å². The first kappa shape index (κ1) is 20.5. The summed E-state index contributed by atoms with van der Waals surface area (Å²) in [5.74, 6) is -1.27. The lowest BCUT2D eigenvalue weighted by Crippen LogP contribution is -2.51. The van der Waals surface area contributed by atoms with Gasteiger partial charge in [0.25, 0.3) is 0 Å². The molecule has 2 N–H and O–H groups in total. The molecule has 3 aromatic rings. The number of fused-ring (bicyclic) bond motifs is 1. The van der Waals surface area contributed by atoms with E-state index in [4.69, 9.17) is 0 Å². The molecule has 0 saturated carbocycles. The molecule has 0 amide bonds. The van der Waals surface area contributed by atoms with E-state index in [-0.39, 0.29) is 35.8 Å². The smallest absolute Gasteiger partial charge is 0.223 e. The predicted octanol–water partition coefficient (Wildman–Crippen LogP) is 1.78. The van der Waals surface area contributed by atoms with E-state index in [1.54, 1.807) is 18.2 Å². The summed E-state index contributed by atoms with van der Waals surface area (Å²) in [5.41, 5.74) is 0.304. The maximum atomic E-state index is 14.4. The lowest BCUT2D eigenvalue weighted by Gasteiger charge is -2.34. The van der Waals surface area contributed by atoms with Gasteiger partial charge in [-0.15, -0.1) is 0 Å². The van der Waals surface area contributed by atoms with Gasteiger partial charge in [-0.25, -0.2) is 27.2 Å². The van der Waals surface area contributed by atoms with E-state index in [1.807, 2.05) is 0 Å². The Balaban J connectivity index is 1.60. The third kappa shape index (κ3) is 4.09. The number of nitrogens with zero attached hydrogens (tertiary/aromatic N) is 4. The normalized spacial score (nSPS) is 20.4. The van der Waals surface area contributed by atoms with Crippen LogP contribution in [0.3, 0.4) is 0 Å². The van der Waals surface area contributed by atoms with Gasteiger partial charge in [0.05, 0.1) is 24.6 Å². The number of aliphatic hydroxyl groups is 1. The van der Waals surface area contributed by atoms with Crippen LogP contribution >= 0.6 is 0 Å². The third-order valence-corrected chi connectivity index (χ3v) is 6.27. The monoisotopic (exact) mass is 435 g/mol. The van der Waals surface area contributed by atoms with Crippen LogP contribution in [0.5, 0.6) is 0 Å². The van der Waals surface area contributed by atoms with Crippen LogP contribution in [-0.4, -0.2) is 64.3 Å². The lowest BCUT2D eigenvalue weighted by atomic mass is 10.0. The number of benzene rings is 1. The summed E-state index contributed by atoms with van der Waals surface area (Å²) >= 11 is 0. The fourth-order valence-corrected chi connectivity index (χ4v) is 4.32. The lowest BCUT2D eigenvalue weighted by molar-refractivity contribution is 0.0950. The summed E-state index contributed by atoms with van der Waals surface area (Å²) in [6.45, 7) is 0.165. The number of piperidine rings is 1. The molecular weight excluding hydrogens is 416 g/mol. The number of pyridine rings is 1. The van der Waals surface area contributed by atoms with Crippen molar-refractivity contribution in [1.82, 2.24) is 19.3 Å². The summed E-state index contributed by atoms with van der Waals surface area (Å²) in [7, 11) is -3.40. The molecule has 0 radical (unpaired) electrons. The molecule has 158 valence electrons. The third-order valence-electron chi connectivity index (χ3n) is 5.00. The first-order valence-corrected chi connectivity index (χ1v) is 11.0. The molecule has 11 heteroatoms. The number of anilines is 1. The van der Waals surface area contributed by atoms with Crippen LogP contribution in [0.2, 0.25) is 0 Å². The SMILES string of the molecule is CS(=O)(=O)N1CC[C@@H](Nc2ncc(F)c(-c3cc(F)c4ncccc4c3)n2)[C@H](O)C1. The average molecular weight is 435 g/mol. The highest BCUT2D eigenvalue weighted by molar-refractivity contribution is 7.88. The molecule has 2 atom stereocenters. The molecule has 0 aliphatic carbocycles. The van der Waals surface area contributed by atoms with E-state index >= 15 is 0 Å². The van der Waals surface area contributed by atoms with Crippen molar-refractivity contribution in [2.75, 3.05) is 24.7 Å². The van der Waals surface area contributed by atoms with Gasteiger partial charge in [-0.2, -0.15) is 4.31 Å². The minimum Gasteiger partial charge on any atom is -0.390 e. The molecule has 1 aliphatic heterocycles. The molecule has 1 saturated heterocycles. The maximum Gasteiger partial charge on any atom is 0.223 e. The number of sulfonamides is 1. The van der Waals surface area contributed by atoms with Crippen molar-refractivity contribution >= 4 is 26.9 Å². The largest absolute Gasteiger partial charge is 0.390 e. The van der Waals surface area contributed by atoms with E-state index in [9.17, 15) is 22.3 Å². The Labute approximate surface area is 171 Å². The molecule has 2 aromatic heterocycles. The Bertz CT molecular complexity index is 1210. The van der Waals surface area contributed by atoms with Crippen LogP contribution in [0.4, 0.5) is 14.7 Å². The zero-order chi connectivity index (χ0) is 21.5. The van der Waals surface area contributed by atoms with Gasteiger partial charge in [-0.3, -0.25) is 4.98 Å². The van der Waals surface area contributed by atoms with Gasteiger partial charge in [0.2, 0.25) is 16.0 Å². The van der Waals surface area contributed by atoms with E-state index in [0.717, 1.165) is 18.5 Å². The molecule has 30 heavy (non-hydrogen) atoms. The maximum absolute atomic E-state index is 14.4. The van der Waals surface area contributed by atoms with E-state index in [2.05, 4.69) is 20.3 Å². The number of rotatable bonds is 4. The Kier molecular flexibility index (Phi) is 5.35. The number of β-amino-alcohol motifs (C(OH)–C–C–N with tert-alkyl or cyclic N) is 1. The van der Waals surface area contributed by atoms with Crippen molar-refractivity contribution in [3.8, 4) is 11.3 Å². The second-order valence-corrected chi connectivity index (χ2v) is 9.13. The molecule has 0 bridgehead atoms. The Hall–Kier alpha value is -2.76. The second-order valence-electron chi connectivity index (χ2n) is 7.15. The fourth-order valence-electron chi connectivity index (χ4n) is 3.46. The Morgan fingerprint density at radius 1 is 1.23 bits per heavy atom. The molecule has 1 aromatic carbocycles. The Morgan fingerprint density at radius 3 is 2.77 bits per heavy atom. The number of aliphatic hydroxyl groups excluding tert-OH is 1. The van der Waals surface area contributed by atoms with Gasteiger partial charge >= 0.3 is 0 Å². The van der Waals surface area contributed by atoms with Crippen LogP contribution in [0.15, 0.2) is 36.7 Å². The molecule has 8 nitrogen and oxygen atoms in total. The molecule has 1 aliphatic rings. The highest BCUT2D eigenvalue weighted by Crippen LogP contribution is 2.27. The summed E-state index contributed by atoms with van der Waals surface area (Å²) in [6, 6.07) is 5.54. The van der Waals surface area contributed by atoms with Crippen LogP contribution in [-0.2, 0) is 10.0 Å². The number of hydrogen-bond acceptors (Lipinski definition) is 7. The minimum atomic E-state index is -3.40. The zero-order valence-electron chi connectivity index (χ0n) is 16.0. The molecule has 4 rings (SSSR count). The van der Waals surface area contributed by atoms with Crippen LogP contribution in [0.1, 0.15) is 6.42 Å². The number of hydrogen-bond donors (Lipinski definition) is 2. The van der Waals surface area contributed by atoms with Crippen molar-refractivity contribution in [3.05, 3.63) is 48.3 Å². The fraction of sp³-hybridized carbons (Fsp3) is 0.316. The van der Waals surface area contributed by atoms with Crippen molar-refractivity contribution in [2.45, 2.75) is 18.6 Å². The summed E-state index contributed by atoms with van der Waals surface area (Å²) in [4.78, 5) is 12.0. The van der Waals surface area contributed by atoms with Gasteiger partial charge in [-0.05, 0) is 24.6 Å². The summed E-state index contributed by atoms with van der Waals surface area (Å²) < 4.78 is 53.3. The first-order chi connectivity index (χ1) is 14.2. The number of halogens is 2. The Morgan fingerprint density at radius 2 is 2.03 bits per heavy atom. The van der Waals surface area contributed by atoms with Crippen molar-refractivity contribution in [1.29, 1.82) is 0 Å². The van der Waals surface area contributed by atoms with Crippen molar-refractivity contribution in [3.63, 3.8) is 0 Å². The van der Waals surface area contributed by atoms with Gasteiger partial charge in [0, 0.05) is 30.2 Å². The topological polar surface area (TPSA) is 108 Å². The van der Waals surface area contributed by atoms with Crippen LogP contribution < -0.4 is 5.32 Å². The molecular formula is C19H19F2N5O3S. The predicted molar refractivity (Wildman–Crippen MR) is 107 cm³/mol. The van der Waals surface area contributed by atoms with E-state index < -0.39 is 33.8 Å². The molecule has 1 fully saturated rings. The highest BCUT2D eigenvalue weighted by atomic mass is 32.2. The van der Waals surface area contributed by atoms with Crippen molar-refractivity contribution in [2.24, 2.45) is 0 Å². The second kappa shape index (κ2) is 7.82. The van der Waals surface area contributed by atoms with Crippen molar-refractivity contribution < 1.29 is 22.3 Å². The van der Waals surface area contributed by atoms with Gasteiger partial charge in [0.1, 0.15) is 17.0 Å². The number of nitrogens with one attached hydrogen (secondary N) is 1. The standard InChI is InChI=1S/C19H19F2N5O3S/c1-30(28,29)26-6-4-15(16(27)10-26)24-19-23-9-14(21)18(25-19)12-7-11-3-2-5-22-17(11)13(20)8-12/h2-3,5,7-9,15-16,27H,4,6,10H2,1H3,(H,23,24,25)/t15-,16-/m1/s1. The zero-order valence-corrected chi connectivity index (χ0v) is 16.8. The van der Waals surface area contributed by atoms with Gasteiger partial charge in [-0.1, -0.05) is 6.07 Å². The van der Waals surface area contributed by atoms with E-state index in [0.29, 0.717) is 11.8 Å². The molecule has 0 unspecified atom stereocenters. The van der Waals surface area contributed by atoms with Gasteiger partial charge in [0.15, 0.2) is 5.82 Å². The minimum absolute atomic E-state index is 0.0509. The van der Waals surface area contributed by atoms with Crippen LogP contribution in [0.25, 0.3) is 22.2 Å².